The maximum atomic E-state index is 15.4. The molecule has 0 spiro atoms. The summed E-state index contributed by atoms with van der Waals surface area (Å²) in [7, 11) is 0. The van der Waals surface area contributed by atoms with Gasteiger partial charge in [0, 0.05) is 10.8 Å². The van der Waals surface area contributed by atoms with E-state index in [1.807, 2.05) is 18.2 Å². The van der Waals surface area contributed by atoms with Gasteiger partial charge in [-0.25, -0.2) is 4.39 Å². The molecule has 30 aromatic carbocycles. The van der Waals surface area contributed by atoms with Crippen molar-refractivity contribution in [3.63, 3.8) is 0 Å². The first-order valence-corrected chi connectivity index (χ1v) is 45.1. The Balaban J connectivity index is 0.0000000976. The van der Waals surface area contributed by atoms with Crippen LogP contribution in [0.25, 0.3) is 293 Å². The molecule has 0 amide bonds. The lowest BCUT2D eigenvalue weighted by molar-refractivity contribution is 0.640. The standard InChI is InChI=1S/C44H28.C42H23F.C42H24/c1-25-12-3-5-16-28(25)40-37-24-36-31-19-8-7-18-30(31)32-20-11-23-35(39(32)36)41(37)42(29-17-6-4-13-26(29)2)44-34-22-10-15-27-14-9-21-33(38(27)34)43(40)44;43-35-22-21-32-39-29(35)18-10-20-31(39)41-36(24-11-3-1-4-12-24)34-23-33-27-16-8-7-15-26(27)28-17-9-19-30(38(28)33)40(34)37(42(32)41)25-13-5-2-6-14-25;1-3-12-26(13-4-1)37-35-24-34-29-19-8-7-18-28(29)30-20-11-23-33(39(30)34)40(35)38(27-14-5-2-6-15-27)42-32-22-10-17-25-16-9-21-31(36(25)32)41(37)42/h3-24H,1-2H3;1-23H;1-24H. The lowest BCUT2D eigenvalue weighted by Gasteiger charge is -2.20. The molecule has 0 unspecified atom stereocenters. The first-order valence-electron chi connectivity index (χ1n) is 45.1. The highest BCUT2D eigenvalue weighted by Crippen LogP contribution is 2.60. The average molecular weight is 1630 g/mol. The largest absolute Gasteiger partial charge is 0.206 e. The van der Waals surface area contributed by atoms with E-state index in [0.29, 0.717) is 5.39 Å². The molecule has 594 valence electrons. The molecule has 0 aromatic heterocycles. The molecule has 0 nitrogen and oxygen atoms in total. The fourth-order valence-corrected chi connectivity index (χ4v) is 24.3. The lowest BCUT2D eigenvalue weighted by atomic mass is 9.82. The number of halogens is 1. The summed E-state index contributed by atoms with van der Waals surface area (Å²) in [5.74, 6) is -0.177. The Kier molecular flexibility index (Phi) is 15.2. The lowest BCUT2D eigenvalue weighted by Crippen LogP contribution is -1.93. The van der Waals surface area contributed by atoms with Crippen LogP contribution in [0.4, 0.5) is 4.39 Å². The van der Waals surface area contributed by atoms with Crippen molar-refractivity contribution in [3.05, 3.63) is 436 Å². The Morgan fingerprint density at radius 3 is 0.736 bits per heavy atom. The zero-order chi connectivity index (χ0) is 84.7. The fourth-order valence-electron chi connectivity index (χ4n) is 24.3. The Morgan fingerprint density at radius 2 is 0.364 bits per heavy atom. The molecule has 0 heterocycles. The van der Waals surface area contributed by atoms with Gasteiger partial charge in [0.1, 0.15) is 5.82 Å². The van der Waals surface area contributed by atoms with Crippen LogP contribution in [-0.2, 0) is 0 Å². The minimum absolute atomic E-state index is 0.177. The number of benzene rings is 24. The van der Waals surface area contributed by atoms with Crippen molar-refractivity contribution in [2.75, 3.05) is 0 Å². The molecule has 30 aromatic rings. The number of rotatable bonds is 6. The summed E-state index contributed by atoms with van der Waals surface area (Å²) in [5, 5.41) is 54.1. The van der Waals surface area contributed by atoms with Crippen LogP contribution in [0.3, 0.4) is 0 Å². The quantitative estimate of drug-likeness (QED) is 0.146. The van der Waals surface area contributed by atoms with E-state index in [-0.39, 0.29) is 5.82 Å². The molecule has 0 saturated carbocycles. The van der Waals surface area contributed by atoms with E-state index in [0.717, 1.165) is 16.2 Å². The normalized spacial score (nSPS) is 12.3. The number of aryl methyl sites for hydroxylation is 2. The molecule has 0 atom stereocenters. The third-order valence-electron chi connectivity index (χ3n) is 29.3. The van der Waals surface area contributed by atoms with Gasteiger partial charge in [-0.3, -0.25) is 0 Å². The van der Waals surface area contributed by atoms with Gasteiger partial charge in [-0.15, -0.1) is 0 Å². The van der Waals surface area contributed by atoms with Gasteiger partial charge in [-0.2, -0.15) is 0 Å². The van der Waals surface area contributed by atoms with Crippen molar-refractivity contribution < 1.29 is 4.39 Å². The van der Waals surface area contributed by atoms with Crippen LogP contribution in [0, 0.1) is 19.7 Å². The minimum Gasteiger partial charge on any atom is -0.206 e. The summed E-state index contributed by atoms with van der Waals surface area (Å²) in [6.45, 7) is 4.53. The third kappa shape index (κ3) is 9.91. The Bertz CT molecular complexity index is 9930. The fraction of sp³-hybridized carbons (Fsp3) is 0.0156. The molecule has 0 saturated heterocycles. The molecule has 0 aliphatic heterocycles. The van der Waals surface area contributed by atoms with Crippen LogP contribution >= 0.6 is 0 Å². The van der Waals surface area contributed by atoms with Crippen molar-refractivity contribution in [1.82, 2.24) is 0 Å². The SMILES string of the molecule is Cc1ccccc1-c1c2cc3c4ccccc4c4cccc(c2c(-c2ccccc2C)c2c5cccc6cccc(c12)c65)c43.Fc1ccc2c3c(-c4ccccc4)c4c(cc5c6ccccc6c6cccc4c65)c(-c4ccccc4)c3c3cccc1c32.c1ccc(-c2c3cc4c5ccccc5c5cccc(c3c(-c3ccccc3)c3c6cccc7cccc(c23)c76)c54)cc1. The molecule has 0 radical (unpaired) electrons. The zero-order valence-corrected chi connectivity index (χ0v) is 70.7. The van der Waals surface area contributed by atoms with E-state index in [4.69, 9.17) is 0 Å². The van der Waals surface area contributed by atoms with Crippen molar-refractivity contribution in [3.8, 4) is 66.8 Å². The van der Waals surface area contributed by atoms with Gasteiger partial charge in [-0.1, -0.05) is 394 Å². The predicted octanol–water partition coefficient (Wildman–Crippen LogP) is 36.7. The smallest absolute Gasteiger partial charge is 0.131 e. The van der Waals surface area contributed by atoms with Gasteiger partial charge in [0.25, 0.3) is 0 Å². The highest BCUT2D eigenvalue weighted by atomic mass is 19.1. The summed E-state index contributed by atoms with van der Waals surface area (Å²) in [6, 6.07) is 153. The van der Waals surface area contributed by atoms with Crippen molar-refractivity contribution in [2.45, 2.75) is 13.8 Å². The Morgan fingerprint density at radius 1 is 0.132 bits per heavy atom. The molecule has 0 N–H and O–H groups in total. The van der Waals surface area contributed by atoms with E-state index in [2.05, 4.69) is 408 Å². The van der Waals surface area contributed by atoms with Gasteiger partial charge in [0.2, 0.25) is 0 Å². The average Bonchev–Trinajstić information content (AvgIpc) is 1.50. The summed E-state index contributed by atoms with van der Waals surface area (Å²) < 4.78 is 15.4. The van der Waals surface area contributed by atoms with Crippen molar-refractivity contribution in [2.24, 2.45) is 0 Å². The van der Waals surface area contributed by atoms with E-state index in [1.165, 1.54) is 283 Å². The molecule has 30 rings (SSSR count). The number of fused-ring (bicyclic) bond motifs is 24. The van der Waals surface area contributed by atoms with Gasteiger partial charge in [0.15, 0.2) is 0 Å². The second-order valence-corrected chi connectivity index (χ2v) is 35.7. The molecule has 1 heteroatoms. The molecule has 129 heavy (non-hydrogen) atoms. The van der Waals surface area contributed by atoms with Crippen molar-refractivity contribution in [1.29, 1.82) is 0 Å². The van der Waals surface area contributed by atoms with Crippen LogP contribution in [-0.4, -0.2) is 0 Å². The maximum Gasteiger partial charge on any atom is 0.131 e. The van der Waals surface area contributed by atoms with E-state index in [9.17, 15) is 0 Å². The van der Waals surface area contributed by atoms with Crippen LogP contribution < -0.4 is 0 Å². The summed E-state index contributed by atoms with van der Waals surface area (Å²) in [5.41, 5.74) is 17.9. The Hall–Kier alpha value is -16.5. The highest BCUT2D eigenvalue weighted by Gasteiger charge is 2.32. The molecular formula is C128H75F. The molecule has 0 fully saturated rings. The second kappa shape index (κ2) is 27.3. The summed E-state index contributed by atoms with van der Waals surface area (Å²) in [4.78, 5) is 0. The van der Waals surface area contributed by atoms with Gasteiger partial charge >= 0.3 is 0 Å². The third-order valence-corrected chi connectivity index (χ3v) is 29.3. The number of hydrogen-bond donors (Lipinski definition) is 0. The first-order chi connectivity index (χ1) is 63.9. The summed E-state index contributed by atoms with van der Waals surface area (Å²) >= 11 is 0. The molecular weight excluding hydrogens is 1560 g/mol. The van der Waals surface area contributed by atoms with Crippen LogP contribution in [0.15, 0.2) is 419 Å². The predicted molar refractivity (Wildman–Crippen MR) is 556 cm³/mol. The van der Waals surface area contributed by atoms with Crippen LogP contribution in [0.2, 0.25) is 0 Å². The zero-order valence-electron chi connectivity index (χ0n) is 70.7. The van der Waals surface area contributed by atoms with E-state index in [1.54, 1.807) is 6.07 Å². The first kappa shape index (κ1) is 71.9. The van der Waals surface area contributed by atoms with Crippen LogP contribution in [0.1, 0.15) is 11.1 Å². The Labute approximate surface area is 741 Å². The van der Waals surface area contributed by atoms with Crippen LogP contribution in [0.5, 0.6) is 0 Å². The molecule has 0 aliphatic carbocycles. The van der Waals surface area contributed by atoms with E-state index >= 15 is 4.39 Å². The second-order valence-electron chi connectivity index (χ2n) is 35.7. The van der Waals surface area contributed by atoms with E-state index < -0.39 is 0 Å². The van der Waals surface area contributed by atoms with Gasteiger partial charge < -0.3 is 0 Å². The molecule has 0 bridgehead atoms. The van der Waals surface area contributed by atoms with Gasteiger partial charge in [0.05, 0.1) is 0 Å². The van der Waals surface area contributed by atoms with Crippen molar-refractivity contribution >= 4 is 226 Å². The maximum absolute atomic E-state index is 15.4. The minimum atomic E-state index is -0.177. The summed E-state index contributed by atoms with van der Waals surface area (Å²) in [6.07, 6.45) is 0. The highest BCUT2D eigenvalue weighted by molar-refractivity contribution is 6.49. The molecule has 0 aliphatic rings. The van der Waals surface area contributed by atoms with Gasteiger partial charge in [-0.05, 0) is 331 Å². The topological polar surface area (TPSA) is 0 Å². The number of hydrogen-bond acceptors (Lipinski definition) is 0. The monoisotopic (exact) mass is 1630 g/mol.